The number of hydrogen-bond donors (Lipinski definition) is 0. The van der Waals surface area contributed by atoms with E-state index >= 15 is 0 Å². The molecule has 0 fully saturated rings. The van der Waals surface area contributed by atoms with Crippen molar-refractivity contribution < 1.29 is 17.6 Å². The van der Waals surface area contributed by atoms with E-state index in [1.807, 2.05) is 0 Å². The quantitative estimate of drug-likeness (QED) is 0.124. The van der Waals surface area contributed by atoms with Crippen LogP contribution in [-0.4, -0.2) is 18.3 Å². The van der Waals surface area contributed by atoms with Crippen LogP contribution in [0.1, 0.15) is 178 Å². The molecule has 4 atom stereocenters. The molecule has 0 amide bonds. The van der Waals surface area contributed by atoms with Crippen molar-refractivity contribution >= 4 is 109 Å². The molecule has 0 N–H and O–H groups in total. The summed E-state index contributed by atoms with van der Waals surface area (Å²) in [7, 11) is 0. The molecule has 20 aromatic rings. The highest BCUT2D eigenvalue weighted by atomic mass is 15.2. The summed E-state index contributed by atoms with van der Waals surface area (Å²) in [6.45, 7) is 27.7. The summed E-state index contributed by atoms with van der Waals surface area (Å²) in [6, 6.07) is 99.6. The summed E-state index contributed by atoms with van der Waals surface area (Å²) in [6.07, 6.45) is 0.959. The van der Waals surface area contributed by atoms with Gasteiger partial charge in [0.05, 0.1) is 32.9 Å². The molecule has 8 aliphatic rings. The maximum Gasteiger partial charge on any atom is 0.295 e. The van der Waals surface area contributed by atoms with Crippen molar-refractivity contribution in [2.75, 3.05) is 0 Å². The lowest BCUT2D eigenvalue weighted by molar-refractivity contribution is -0.500. The van der Waals surface area contributed by atoms with Gasteiger partial charge in [-0.2, -0.15) is 17.6 Å². The lowest BCUT2D eigenvalue weighted by atomic mass is 9.60. The number of pyridine rings is 4. The molecule has 114 heavy (non-hydrogen) atoms. The van der Waals surface area contributed by atoms with Gasteiger partial charge in [-0.05, 0) is 28.2 Å². The maximum absolute atomic E-state index is 2.62. The summed E-state index contributed by atoms with van der Waals surface area (Å²) in [5, 5.41) is 16.9. The Morgan fingerprint density at radius 3 is 1.18 bits per heavy atom. The minimum Gasteiger partial charge on any atom is -0.222 e. The number of benzene rings is 12. The molecule has 4 unspecified atom stereocenters. The number of aromatic nitrogens is 8. The average molecular weight is 1470 g/mol. The molecular weight excluding hydrogens is 1390 g/mol. The van der Waals surface area contributed by atoms with Crippen molar-refractivity contribution in [2.24, 2.45) is 0 Å². The average Bonchev–Trinajstić information content (AvgIpc) is 1.49. The Morgan fingerprint density at radius 2 is 0.667 bits per heavy atom. The summed E-state index contributed by atoms with van der Waals surface area (Å²) in [5.41, 5.74) is 39.8. The monoisotopic (exact) mass is 1470 g/mol. The second kappa shape index (κ2) is 22.4. The van der Waals surface area contributed by atoms with Gasteiger partial charge in [-0.1, -0.05) is 308 Å². The second-order valence-electron chi connectivity index (χ2n) is 35.6. The topological polar surface area (TPSA) is 36.1 Å². The summed E-state index contributed by atoms with van der Waals surface area (Å²) in [4.78, 5) is 0. The minimum absolute atomic E-state index is 0.0759. The summed E-state index contributed by atoms with van der Waals surface area (Å²) < 4.78 is 20.6. The summed E-state index contributed by atoms with van der Waals surface area (Å²) in [5.74, 6) is 1.67. The molecule has 8 nitrogen and oxygen atoms in total. The van der Waals surface area contributed by atoms with Crippen LogP contribution in [0.2, 0.25) is 0 Å². The number of para-hydroxylation sites is 4. The van der Waals surface area contributed by atoms with Gasteiger partial charge in [-0.3, -0.25) is 0 Å². The second-order valence-corrected chi connectivity index (χ2v) is 35.6. The van der Waals surface area contributed by atoms with Crippen LogP contribution >= 0.6 is 0 Å². The Morgan fingerprint density at radius 1 is 0.298 bits per heavy atom. The normalized spacial score (nSPS) is 18.3. The highest BCUT2D eigenvalue weighted by Crippen LogP contribution is 2.55. The van der Waals surface area contributed by atoms with Crippen LogP contribution in [0.5, 0.6) is 0 Å². The SMILES string of the molecule is Cc1c2[n+]3c4c(cccc4c4cccc5c4c3n1C5)C(C)(C)C2(C)C.Cc1c2[n+]3c4c(cccc4c4cccc5c4c3n1C5)C(C)C2C.Cc1c2[n+]3c4c(cccc4c4cccc5c4c3n1C5)C(c1ccccc1)(c1ccccc1)C2.Cc1c2[n+]3c4c(cccc4c4cccc5c4c3n1C5)C(c1ccccc1)C2c1ccccc1. The molecule has 8 aliphatic heterocycles. The van der Waals surface area contributed by atoms with E-state index in [4.69, 9.17) is 0 Å². The van der Waals surface area contributed by atoms with E-state index in [-0.39, 0.29) is 28.1 Å². The van der Waals surface area contributed by atoms with Crippen LogP contribution in [0.3, 0.4) is 0 Å². The van der Waals surface area contributed by atoms with E-state index in [2.05, 4.69) is 372 Å². The lowest BCUT2D eigenvalue weighted by Gasteiger charge is -2.43. The Kier molecular flexibility index (Phi) is 12.8. The van der Waals surface area contributed by atoms with E-state index in [0.29, 0.717) is 11.8 Å². The molecule has 8 aromatic heterocycles. The fourth-order valence-corrected chi connectivity index (χ4v) is 24.4. The fraction of sp³-hybridized carbons (Fsp3) is 0.208. The number of imidazole rings is 4. The van der Waals surface area contributed by atoms with E-state index in [1.54, 1.807) is 0 Å². The van der Waals surface area contributed by atoms with E-state index in [1.165, 1.54) is 222 Å². The van der Waals surface area contributed by atoms with E-state index in [9.17, 15) is 0 Å². The molecule has 16 heterocycles. The number of nitrogens with zero attached hydrogens (tertiary/aromatic N) is 8. The molecule has 0 saturated heterocycles. The Hall–Kier alpha value is -12.5. The highest BCUT2D eigenvalue weighted by Gasteiger charge is 2.54. The van der Waals surface area contributed by atoms with E-state index in [0.717, 1.165) is 32.6 Å². The number of hydrogen-bond acceptors (Lipinski definition) is 0. The van der Waals surface area contributed by atoms with Crippen molar-refractivity contribution in [1.82, 2.24) is 18.3 Å². The molecule has 28 rings (SSSR count). The molecule has 0 saturated carbocycles. The van der Waals surface area contributed by atoms with Gasteiger partial charge in [-0.25, -0.2) is 18.3 Å². The molecule has 8 heteroatoms. The summed E-state index contributed by atoms with van der Waals surface area (Å²) >= 11 is 0. The number of fused-ring (bicyclic) bond motifs is 4. The van der Waals surface area contributed by atoms with Gasteiger partial charge >= 0.3 is 0 Å². The van der Waals surface area contributed by atoms with Gasteiger partial charge in [0.25, 0.3) is 22.6 Å². The zero-order valence-electron chi connectivity index (χ0n) is 66.3. The van der Waals surface area contributed by atoms with Gasteiger partial charge in [0.2, 0.25) is 0 Å². The predicted molar refractivity (Wildman–Crippen MR) is 462 cm³/mol. The first-order valence-electron chi connectivity index (χ1n) is 41.5. The third-order valence-electron chi connectivity index (χ3n) is 30.2. The first-order chi connectivity index (χ1) is 55.6. The van der Waals surface area contributed by atoms with Crippen molar-refractivity contribution in [3.05, 3.63) is 379 Å². The van der Waals surface area contributed by atoms with Crippen LogP contribution in [0, 0.1) is 27.7 Å². The highest BCUT2D eigenvalue weighted by molar-refractivity contribution is 6.16. The zero-order chi connectivity index (χ0) is 76.2. The Bertz CT molecular complexity index is 7740. The third kappa shape index (κ3) is 7.81. The van der Waals surface area contributed by atoms with Crippen molar-refractivity contribution in [3.63, 3.8) is 0 Å². The van der Waals surface area contributed by atoms with E-state index < -0.39 is 0 Å². The van der Waals surface area contributed by atoms with Gasteiger partial charge in [-0.15, -0.1) is 0 Å². The minimum atomic E-state index is -0.226. The molecule has 0 bridgehead atoms. The van der Waals surface area contributed by atoms with Gasteiger partial charge in [0, 0.05) is 144 Å². The van der Waals surface area contributed by atoms with Crippen LogP contribution in [-0.2, 0) is 48.8 Å². The van der Waals surface area contributed by atoms with Crippen molar-refractivity contribution in [2.45, 2.75) is 142 Å². The smallest absolute Gasteiger partial charge is 0.222 e. The Labute approximate surface area is 661 Å². The molecule has 0 radical (unpaired) electrons. The fourth-order valence-electron chi connectivity index (χ4n) is 24.4. The van der Waals surface area contributed by atoms with Gasteiger partial charge in [0.1, 0.15) is 71.0 Å². The van der Waals surface area contributed by atoms with Gasteiger partial charge in [0.15, 0.2) is 22.8 Å². The molecule has 12 aromatic carbocycles. The van der Waals surface area contributed by atoms with Crippen molar-refractivity contribution in [1.29, 1.82) is 0 Å². The standard InChI is InChI=1S/2C31H23N2.C23H23N2.C21H19N2/c1-20-27-18-31(22-11-4-2-5-12-22,23-13-6-3-7-14-23)26-17-9-16-25-24-15-8-10-21-19-32(20)30(28(21)24)33(27)29(25)26;1-19-29-28(21-12-6-3-7-13-21)26(20-10-4-2-5-11-20)25-17-9-16-24-23-15-8-14-22-18-32(19)31(27(22)23)33(29)30(24)25;1-13-20-23(4,5)22(2,3)17-11-7-10-16-15-9-6-8-14-12-24(13)21(18(14)15)25(20)19(16)17;1-11-12(2)19-13(3)22-10-14-6-4-8-16-17-9-5-7-15(11)20(17)23(19)21(22)18(14)16/h2-17H,18-19H2,1H3;2-17,26,28H,18H2,1H3;6-11H,12H2,1-5H3;4-9,11-12H,10H2,1-3H3/q4*+1. The van der Waals surface area contributed by atoms with Crippen LogP contribution in [0.15, 0.2) is 267 Å². The lowest BCUT2D eigenvalue weighted by Crippen LogP contribution is -2.51. The molecule has 548 valence electrons. The largest absolute Gasteiger partial charge is 0.295 e. The maximum atomic E-state index is 2.62. The van der Waals surface area contributed by atoms with Crippen LogP contribution < -0.4 is 17.6 Å². The predicted octanol–water partition coefficient (Wildman–Crippen LogP) is 21.8. The molecule has 0 aliphatic carbocycles. The Balaban J connectivity index is 0.0000000866. The first-order valence-corrected chi connectivity index (χ1v) is 41.5. The van der Waals surface area contributed by atoms with Crippen molar-refractivity contribution in [3.8, 4) is 0 Å². The van der Waals surface area contributed by atoms with Crippen LogP contribution in [0.25, 0.3) is 109 Å². The molecule has 0 spiro atoms. The van der Waals surface area contributed by atoms with Crippen LogP contribution in [0.4, 0.5) is 0 Å². The third-order valence-corrected chi connectivity index (χ3v) is 30.2. The van der Waals surface area contributed by atoms with Gasteiger partial charge < -0.3 is 0 Å². The first kappa shape index (κ1) is 65.1. The zero-order valence-corrected chi connectivity index (χ0v) is 66.3. The molecular formula is C106H88N8+4. The number of rotatable bonds is 4.